The lowest BCUT2D eigenvalue weighted by Crippen LogP contribution is -2.10. The molecule has 1 saturated carbocycles. The van der Waals surface area contributed by atoms with Gasteiger partial charge in [-0.3, -0.25) is 4.79 Å². The maximum Gasteiger partial charge on any atom is 0.224 e. The summed E-state index contributed by atoms with van der Waals surface area (Å²) in [5.41, 5.74) is 0.753. The van der Waals surface area contributed by atoms with E-state index in [4.69, 9.17) is 0 Å². The Hall–Kier alpha value is -1.58. The monoisotopic (exact) mass is 205 g/mol. The minimum Gasteiger partial charge on any atom is -0.367 e. The van der Waals surface area contributed by atoms with Crippen LogP contribution >= 0.6 is 0 Å². The van der Waals surface area contributed by atoms with E-state index in [0.717, 1.165) is 11.5 Å². The maximum atomic E-state index is 11.1. The molecule has 0 saturated heterocycles. The molecule has 15 heavy (non-hydrogen) atoms. The highest BCUT2D eigenvalue weighted by Gasteiger charge is 2.20. The van der Waals surface area contributed by atoms with Crippen molar-refractivity contribution in [1.82, 2.24) is 4.98 Å². The van der Waals surface area contributed by atoms with E-state index in [-0.39, 0.29) is 5.91 Å². The number of nitrogens with one attached hydrogen (secondary N) is 2. The van der Waals surface area contributed by atoms with E-state index in [9.17, 15) is 4.79 Å². The van der Waals surface area contributed by atoms with Gasteiger partial charge in [0.05, 0.1) is 11.9 Å². The number of nitrogens with zero attached hydrogens (tertiary/aromatic N) is 1. The van der Waals surface area contributed by atoms with Gasteiger partial charge in [0.2, 0.25) is 5.91 Å². The number of hydrogen-bond acceptors (Lipinski definition) is 3. The molecule has 0 radical (unpaired) electrons. The first-order valence-corrected chi connectivity index (χ1v) is 5.30. The van der Waals surface area contributed by atoms with Crippen LogP contribution in [0.2, 0.25) is 0 Å². The zero-order chi connectivity index (χ0) is 10.7. The Morgan fingerprint density at radius 2 is 2.33 bits per heavy atom. The van der Waals surface area contributed by atoms with Gasteiger partial charge in [0, 0.05) is 12.5 Å². The topological polar surface area (TPSA) is 54.0 Å². The number of carbonyl (C=O) groups excluding carboxylic acids is 1. The minimum absolute atomic E-state index is 0.0136. The molecule has 80 valence electrons. The normalized spacial score (nSPS) is 14.7. The second-order valence-electron chi connectivity index (χ2n) is 3.75. The van der Waals surface area contributed by atoms with Crippen molar-refractivity contribution in [3.8, 4) is 0 Å². The third-order valence-electron chi connectivity index (χ3n) is 2.30. The van der Waals surface area contributed by atoms with Gasteiger partial charge in [-0.05, 0) is 25.0 Å². The van der Waals surface area contributed by atoms with Gasteiger partial charge in [0.25, 0.3) is 0 Å². The van der Waals surface area contributed by atoms with Gasteiger partial charge in [-0.2, -0.15) is 0 Å². The van der Waals surface area contributed by atoms with Crippen LogP contribution in [0.3, 0.4) is 0 Å². The third-order valence-corrected chi connectivity index (χ3v) is 2.30. The highest BCUT2D eigenvalue weighted by atomic mass is 16.1. The van der Waals surface area contributed by atoms with E-state index in [1.54, 1.807) is 6.20 Å². The Balaban J connectivity index is 1.93. The summed E-state index contributed by atoms with van der Waals surface area (Å²) < 4.78 is 0. The predicted octanol–water partition coefficient (Wildman–Crippen LogP) is 2.00. The molecule has 1 fully saturated rings. The highest BCUT2D eigenvalue weighted by Crippen LogP contribution is 2.23. The molecule has 4 heteroatoms. The molecular weight excluding hydrogens is 190 g/mol. The number of hydrogen-bond donors (Lipinski definition) is 2. The zero-order valence-corrected chi connectivity index (χ0v) is 8.79. The number of amides is 1. The summed E-state index contributed by atoms with van der Waals surface area (Å²) in [5.74, 6) is 0.895. The van der Waals surface area contributed by atoms with Crippen molar-refractivity contribution in [3.63, 3.8) is 0 Å². The van der Waals surface area contributed by atoms with E-state index in [2.05, 4.69) is 15.6 Å². The lowest BCUT2D eigenvalue weighted by atomic mass is 10.3. The van der Waals surface area contributed by atoms with Gasteiger partial charge in [0.15, 0.2) is 0 Å². The van der Waals surface area contributed by atoms with Gasteiger partial charge >= 0.3 is 0 Å². The van der Waals surface area contributed by atoms with E-state index in [0.29, 0.717) is 12.5 Å². The van der Waals surface area contributed by atoms with Gasteiger partial charge in [-0.1, -0.05) is 6.92 Å². The van der Waals surface area contributed by atoms with Crippen LogP contribution in [0, 0.1) is 0 Å². The fourth-order valence-electron chi connectivity index (χ4n) is 1.24. The van der Waals surface area contributed by atoms with Crippen molar-refractivity contribution < 1.29 is 4.79 Å². The molecule has 1 aliphatic rings. The third kappa shape index (κ3) is 2.94. The number of anilines is 2. The molecule has 2 N–H and O–H groups in total. The highest BCUT2D eigenvalue weighted by molar-refractivity contribution is 5.90. The second kappa shape index (κ2) is 4.29. The summed E-state index contributed by atoms with van der Waals surface area (Å²) >= 11 is 0. The molecule has 2 rings (SSSR count). The molecule has 1 aromatic heterocycles. The molecule has 4 nitrogen and oxygen atoms in total. The number of rotatable bonds is 4. The van der Waals surface area contributed by atoms with E-state index in [1.165, 1.54) is 12.8 Å². The summed E-state index contributed by atoms with van der Waals surface area (Å²) in [5, 5.41) is 6.05. The van der Waals surface area contributed by atoms with Gasteiger partial charge in [-0.15, -0.1) is 0 Å². The van der Waals surface area contributed by atoms with Crippen LogP contribution < -0.4 is 10.6 Å². The summed E-state index contributed by atoms with van der Waals surface area (Å²) in [4.78, 5) is 15.3. The first kappa shape index (κ1) is 9.96. The van der Waals surface area contributed by atoms with Crippen LogP contribution in [0.4, 0.5) is 11.5 Å². The molecule has 0 bridgehead atoms. The first-order chi connectivity index (χ1) is 7.28. The molecule has 1 aromatic rings. The number of pyridine rings is 1. The molecule has 1 heterocycles. The van der Waals surface area contributed by atoms with E-state index >= 15 is 0 Å². The van der Waals surface area contributed by atoms with Gasteiger partial charge in [-0.25, -0.2) is 4.98 Å². The fourth-order valence-corrected chi connectivity index (χ4v) is 1.24. The molecule has 0 atom stereocenters. The van der Waals surface area contributed by atoms with Crippen LogP contribution in [0.5, 0.6) is 0 Å². The Bertz CT molecular complexity index is 343. The molecule has 1 aliphatic carbocycles. The Morgan fingerprint density at radius 1 is 1.53 bits per heavy atom. The number of aromatic nitrogens is 1. The van der Waals surface area contributed by atoms with Crippen LogP contribution in [0.1, 0.15) is 26.2 Å². The molecule has 1 amide bonds. The van der Waals surface area contributed by atoms with Gasteiger partial charge < -0.3 is 10.6 Å². The van der Waals surface area contributed by atoms with Crippen molar-refractivity contribution in [2.24, 2.45) is 0 Å². The lowest BCUT2D eigenvalue weighted by molar-refractivity contribution is -0.115. The van der Waals surface area contributed by atoms with Crippen LogP contribution in [0.25, 0.3) is 0 Å². The molecular formula is C11H15N3O. The van der Waals surface area contributed by atoms with Crippen molar-refractivity contribution in [2.45, 2.75) is 32.2 Å². The predicted molar refractivity (Wildman–Crippen MR) is 59.8 cm³/mol. The average molecular weight is 205 g/mol. The van der Waals surface area contributed by atoms with Crippen LogP contribution in [-0.2, 0) is 4.79 Å². The van der Waals surface area contributed by atoms with E-state index < -0.39 is 0 Å². The fraction of sp³-hybridized carbons (Fsp3) is 0.455. The number of carbonyl (C=O) groups is 1. The Morgan fingerprint density at radius 3 is 2.87 bits per heavy atom. The van der Waals surface area contributed by atoms with E-state index in [1.807, 2.05) is 19.1 Å². The second-order valence-corrected chi connectivity index (χ2v) is 3.75. The van der Waals surface area contributed by atoms with Crippen molar-refractivity contribution in [3.05, 3.63) is 18.3 Å². The molecule has 0 spiro atoms. The summed E-state index contributed by atoms with van der Waals surface area (Å²) in [6, 6.07) is 4.36. The molecule has 0 unspecified atom stereocenters. The Labute approximate surface area is 89.1 Å². The zero-order valence-electron chi connectivity index (χ0n) is 8.79. The summed E-state index contributed by atoms with van der Waals surface area (Å²) in [6.45, 7) is 1.83. The summed E-state index contributed by atoms with van der Waals surface area (Å²) in [6.07, 6.45) is 4.63. The Kier molecular flexibility index (Phi) is 2.85. The molecule has 0 aromatic carbocycles. The van der Waals surface area contributed by atoms with Crippen molar-refractivity contribution in [2.75, 3.05) is 10.6 Å². The van der Waals surface area contributed by atoms with Crippen molar-refractivity contribution in [1.29, 1.82) is 0 Å². The van der Waals surface area contributed by atoms with Crippen molar-refractivity contribution >= 4 is 17.4 Å². The largest absolute Gasteiger partial charge is 0.367 e. The smallest absolute Gasteiger partial charge is 0.224 e. The lowest BCUT2D eigenvalue weighted by Gasteiger charge is -2.05. The SMILES string of the molecule is CCC(=O)Nc1ccc(NC2CC2)nc1. The van der Waals surface area contributed by atoms with Crippen LogP contribution in [-0.4, -0.2) is 16.9 Å². The minimum atomic E-state index is 0.0136. The first-order valence-electron chi connectivity index (χ1n) is 5.30. The summed E-state index contributed by atoms with van der Waals surface area (Å²) in [7, 11) is 0. The standard InChI is InChI=1S/C11H15N3O/c1-2-11(15)14-9-5-6-10(12-7-9)13-8-3-4-8/h5-8H,2-4H2,1H3,(H,12,13)(H,14,15). The average Bonchev–Trinajstić information content (AvgIpc) is 3.05. The quantitative estimate of drug-likeness (QED) is 0.790. The molecule has 0 aliphatic heterocycles. The van der Waals surface area contributed by atoms with Crippen LogP contribution in [0.15, 0.2) is 18.3 Å². The van der Waals surface area contributed by atoms with Gasteiger partial charge in [0.1, 0.15) is 5.82 Å². The maximum absolute atomic E-state index is 11.1.